The van der Waals surface area contributed by atoms with Crippen molar-refractivity contribution in [3.8, 4) is 45.6 Å². The fourth-order valence-corrected chi connectivity index (χ4v) is 3.78. The molecule has 0 aromatic heterocycles. The van der Waals surface area contributed by atoms with E-state index in [1.54, 1.807) is 12.1 Å². The highest BCUT2D eigenvalue weighted by Gasteiger charge is 2.30. The molecule has 0 atom stereocenters. The largest absolute Gasteiger partial charge is 0.493 e. The van der Waals surface area contributed by atoms with Crippen LogP contribution in [-0.4, -0.2) is 54.2 Å². The number of carbonyl (C=O) groups is 2. The number of ketones is 2. The van der Waals surface area contributed by atoms with Crippen molar-refractivity contribution in [1.29, 1.82) is 0 Å². The number of hydrogen-bond acceptors (Lipinski definition) is 8. The van der Waals surface area contributed by atoms with Gasteiger partial charge in [-0.05, 0) is 37.1 Å². The van der Waals surface area contributed by atoms with Crippen molar-refractivity contribution in [3.05, 3.63) is 23.3 Å². The highest BCUT2D eigenvalue weighted by atomic mass is 16.5. The lowest BCUT2D eigenvalue weighted by Gasteiger charge is -2.24. The first-order chi connectivity index (χ1) is 15.3. The maximum atomic E-state index is 12.1. The van der Waals surface area contributed by atoms with E-state index in [1.807, 2.05) is 0 Å². The van der Waals surface area contributed by atoms with Gasteiger partial charge in [0.25, 0.3) is 0 Å². The fraction of sp³-hybridized carbons (Fsp3) is 0.417. The second-order valence-corrected chi connectivity index (χ2v) is 7.12. The molecule has 0 amide bonds. The number of carbonyl (C=O) groups excluding carboxylic acids is 2. The van der Waals surface area contributed by atoms with Gasteiger partial charge in [0.2, 0.25) is 11.5 Å². The minimum absolute atomic E-state index is 0.0620. The molecule has 8 nitrogen and oxygen atoms in total. The Morgan fingerprint density at radius 2 is 0.875 bits per heavy atom. The summed E-state index contributed by atoms with van der Waals surface area (Å²) in [5, 5.41) is 0. The molecule has 0 radical (unpaired) electrons. The molecular formula is C24H30O8. The number of benzene rings is 2. The standard InChI is InChI=1S/C24H30O8/c1-13(25)9-15-11-17(27-3)21(29-5)23(31-7)19(15)20-16(10-14(2)26)12-18(28-4)22(30-6)24(20)32-8/h11-12H,9-10H2,1-8H3. The van der Waals surface area contributed by atoms with E-state index < -0.39 is 0 Å². The van der Waals surface area contributed by atoms with Crippen LogP contribution in [0, 0.1) is 0 Å². The lowest BCUT2D eigenvalue weighted by molar-refractivity contribution is -0.117. The summed E-state index contributed by atoms with van der Waals surface area (Å²) in [6.07, 6.45) is 0.201. The van der Waals surface area contributed by atoms with Crippen LogP contribution in [0.15, 0.2) is 12.1 Å². The van der Waals surface area contributed by atoms with Gasteiger partial charge >= 0.3 is 0 Å². The Labute approximate surface area is 188 Å². The van der Waals surface area contributed by atoms with Gasteiger partial charge in [-0.2, -0.15) is 0 Å². The number of ether oxygens (including phenoxy) is 6. The molecule has 0 heterocycles. The van der Waals surface area contributed by atoms with Crippen LogP contribution in [0.25, 0.3) is 11.1 Å². The minimum Gasteiger partial charge on any atom is -0.493 e. The normalized spacial score (nSPS) is 10.4. The van der Waals surface area contributed by atoms with Gasteiger partial charge in [-0.1, -0.05) is 0 Å². The molecule has 0 saturated heterocycles. The Morgan fingerprint density at radius 3 is 1.09 bits per heavy atom. The zero-order chi connectivity index (χ0) is 24.0. The smallest absolute Gasteiger partial charge is 0.203 e. The minimum atomic E-state index is -0.0620. The van der Waals surface area contributed by atoms with E-state index in [4.69, 9.17) is 28.4 Å². The summed E-state index contributed by atoms with van der Waals surface area (Å²) in [6, 6.07) is 3.46. The van der Waals surface area contributed by atoms with E-state index >= 15 is 0 Å². The molecule has 0 spiro atoms. The molecule has 0 bridgehead atoms. The maximum Gasteiger partial charge on any atom is 0.203 e. The van der Waals surface area contributed by atoms with E-state index in [0.29, 0.717) is 56.8 Å². The Hall–Kier alpha value is -3.42. The van der Waals surface area contributed by atoms with Crippen LogP contribution >= 0.6 is 0 Å². The third-order valence-corrected chi connectivity index (χ3v) is 4.95. The topological polar surface area (TPSA) is 89.5 Å². The molecule has 8 heteroatoms. The highest BCUT2D eigenvalue weighted by Crippen LogP contribution is 2.54. The van der Waals surface area contributed by atoms with Crippen molar-refractivity contribution in [1.82, 2.24) is 0 Å². The summed E-state index contributed by atoms with van der Waals surface area (Å²) >= 11 is 0. The van der Waals surface area contributed by atoms with Crippen LogP contribution in [0.1, 0.15) is 25.0 Å². The number of Topliss-reactive ketones (excluding diaryl/α,β-unsaturated/α-hetero) is 2. The highest BCUT2D eigenvalue weighted by molar-refractivity contribution is 5.93. The van der Waals surface area contributed by atoms with Crippen molar-refractivity contribution in [3.63, 3.8) is 0 Å². The van der Waals surface area contributed by atoms with Crippen LogP contribution in [0.5, 0.6) is 34.5 Å². The van der Waals surface area contributed by atoms with E-state index in [0.717, 1.165) is 0 Å². The molecular weight excluding hydrogens is 416 g/mol. The molecule has 174 valence electrons. The fourth-order valence-electron chi connectivity index (χ4n) is 3.78. The summed E-state index contributed by atoms with van der Waals surface area (Å²) in [5.41, 5.74) is 2.36. The number of rotatable bonds is 11. The zero-order valence-corrected chi connectivity index (χ0v) is 19.8. The van der Waals surface area contributed by atoms with Gasteiger partial charge < -0.3 is 28.4 Å². The average Bonchev–Trinajstić information content (AvgIpc) is 2.76. The van der Waals surface area contributed by atoms with Crippen LogP contribution in [-0.2, 0) is 22.4 Å². The maximum absolute atomic E-state index is 12.1. The molecule has 2 aromatic rings. The van der Waals surface area contributed by atoms with E-state index in [1.165, 1.54) is 56.5 Å². The number of methoxy groups -OCH3 is 6. The van der Waals surface area contributed by atoms with Crippen LogP contribution in [0.3, 0.4) is 0 Å². The van der Waals surface area contributed by atoms with Gasteiger partial charge in [0.15, 0.2) is 23.0 Å². The second-order valence-electron chi connectivity index (χ2n) is 7.12. The van der Waals surface area contributed by atoms with Crippen molar-refractivity contribution in [2.45, 2.75) is 26.7 Å². The van der Waals surface area contributed by atoms with E-state index in [2.05, 4.69) is 0 Å². The Morgan fingerprint density at radius 1 is 0.562 bits per heavy atom. The zero-order valence-electron chi connectivity index (χ0n) is 19.8. The van der Waals surface area contributed by atoms with Gasteiger partial charge in [0.05, 0.1) is 42.7 Å². The van der Waals surface area contributed by atoms with Crippen LogP contribution in [0.2, 0.25) is 0 Å². The SMILES string of the molecule is COc1cc(CC(C)=O)c(-c2c(CC(C)=O)cc(OC)c(OC)c2OC)c(OC)c1OC. The summed E-state index contributed by atoms with van der Waals surface area (Å²) in [4.78, 5) is 24.3. The van der Waals surface area contributed by atoms with Crippen molar-refractivity contribution >= 4 is 11.6 Å². The van der Waals surface area contributed by atoms with Gasteiger partial charge in [-0.15, -0.1) is 0 Å². The van der Waals surface area contributed by atoms with Gasteiger partial charge in [0.1, 0.15) is 11.6 Å². The predicted octanol–water partition coefficient (Wildman–Crippen LogP) is 3.67. The molecule has 0 aliphatic heterocycles. The Balaban J connectivity index is 3.14. The summed E-state index contributed by atoms with van der Waals surface area (Å²) in [5.74, 6) is 2.10. The van der Waals surface area contributed by atoms with Gasteiger partial charge in [-0.25, -0.2) is 0 Å². The number of hydrogen-bond donors (Lipinski definition) is 0. The molecule has 0 N–H and O–H groups in total. The molecule has 2 aromatic carbocycles. The predicted molar refractivity (Wildman–Crippen MR) is 120 cm³/mol. The monoisotopic (exact) mass is 446 g/mol. The van der Waals surface area contributed by atoms with Crippen molar-refractivity contribution in [2.24, 2.45) is 0 Å². The van der Waals surface area contributed by atoms with E-state index in [9.17, 15) is 9.59 Å². The lowest BCUT2D eigenvalue weighted by atomic mass is 9.88. The molecule has 0 aliphatic carbocycles. The summed E-state index contributed by atoms with van der Waals surface area (Å²) in [7, 11) is 9.00. The molecule has 0 saturated carbocycles. The Bertz CT molecular complexity index is 929. The first-order valence-electron chi connectivity index (χ1n) is 9.90. The first-order valence-corrected chi connectivity index (χ1v) is 9.90. The van der Waals surface area contributed by atoms with Crippen molar-refractivity contribution < 1.29 is 38.0 Å². The summed E-state index contributed by atoms with van der Waals surface area (Å²) < 4.78 is 33.6. The molecule has 2 rings (SSSR count). The lowest BCUT2D eigenvalue weighted by Crippen LogP contribution is -2.09. The third kappa shape index (κ3) is 4.74. The molecule has 0 aliphatic rings. The summed E-state index contributed by atoms with van der Waals surface area (Å²) in [6.45, 7) is 2.99. The molecule has 0 unspecified atom stereocenters. The van der Waals surface area contributed by atoms with Crippen LogP contribution < -0.4 is 28.4 Å². The molecule has 0 fully saturated rings. The first kappa shape index (κ1) is 24.8. The van der Waals surface area contributed by atoms with E-state index in [-0.39, 0.29) is 24.4 Å². The van der Waals surface area contributed by atoms with Gasteiger partial charge in [-0.3, -0.25) is 9.59 Å². The second kappa shape index (κ2) is 10.7. The average molecular weight is 446 g/mol. The van der Waals surface area contributed by atoms with Gasteiger partial charge in [0, 0.05) is 24.0 Å². The van der Waals surface area contributed by atoms with Crippen LogP contribution in [0.4, 0.5) is 0 Å². The Kier molecular flexibility index (Phi) is 8.34. The quantitative estimate of drug-likeness (QED) is 0.517. The molecule has 32 heavy (non-hydrogen) atoms. The van der Waals surface area contributed by atoms with Crippen molar-refractivity contribution in [2.75, 3.05) is 42.7 Å². The third-order valence-electron chi connectivity index (χ3n) is 4.95.